The van der Waals surface area contributed by atoms with Crippen LogP contribution >= 0.6 is 0 Å². The number of carboxylic acid groups (broad SMARTS) is 1. The van der Waals surface area contributed by atoms with Gasteiger partial charge in [0.25, 0.3) is 0 Å². The lowest BCUT2D eigenvalue weighted by Crippen LogP contribution is -2.41. The molecule has 2 amide bonds. The second-order valence-electron chi connectivity index (χ2n) is 5.51. The van der Waals surface area contributed by atoms with E-state index in [2.05, 4.69) is 5.32 Å². The number of nitrogens with zero attached hydrogens (tertiary/aromatic N) is 1. The first kappa shape index (κ1) is 17.8. The maximum absolute atomic E-state index is 12.2. The minimum absolute atomic E-state index is 0.0706. The molecule has 0 fully saturated rings. The number of nitrogens with one attached hydrogen (secondary N) is 1. The lowest BCUT2D eigenvalue weighted by atomic mass is 9.96. The Hall–Kier alpha value is -2.24. The minimum atomic E-state index is -0.921. The number of carbonyl (C=O) groups excluding carboxylic acids is 1. The van der Waals surface area contributed by atoms with Crippen LogP contribution < -0.4 is 10.1 Å². The van der Waals surface area contributed by atoms with E-state index >= 15 is 0 Å². The van der Waals surface area contributed by atoms with E-state index in [0.717, 1.165) is 11.3 Å². The van der Waals surface area contributed by atoms with E-state index in [4.69, 9.17) is 9.84 Å². The summed E-state index contributed by atoms with van der Waals surface area (Å²) >= 11 is 0. The van der Waals surface area contributed by atoms with Gasteiger partial charge in [0.15, 0.2) is 0 Å². The molecule has 1 aromatic rings. The van der Waals surface area contributed by atoms with Crippen molar-refractivity contribution in [2.24, 2.45) is 5.92 Å². The van der Waals surface area contributed by atoms with Crippen LogP contribution in [0.5, 0.6) is 5.75 Å². The molecule has 0 bridgehead atoms. The average molecular weight is 308 g/mol. The lowest BCUT2D eigenvalue weighted by molar-refractivity contribution is -0.137. The van der Waals surface area contributed by atoms with Crippen molar-refractivity contribution in [3.63, 3.8) is 0 Å². The van der Waals surface area contributed by atoms with Gasteiger partial charge in [0, 0.05) is 13.6 Å². The van der Waals surface area contributed by atoms with Gasteiger partial charge in [-0.25, -0.2) is 4.79 Å². The Labute approximate surface area is 131 Å². The highest BCUT2D eigenvalue weighted by molar-refractivity contribution is 5.75. The Morgan fingerprint density at radius 3 is 2.32 bits per heavy atom. The van der Waals surface area contributed by atoms with Crippen LogP contribution in [0.25, 0.3) is 0 Å². The van der Waals surface area contributed by atoms with Gasteiger partial charge in [-0.2, -0.15) is 0 Å². The highest BCUT2D eigenvalue weighted by atomic mass is 16.5. The maximum atomic E-state index is 12.2. The predicted octanol–water partition coefficient (Wildman–Crippen LogP) is 2.51. The topological polar surface area (TPSA) is 78.9 Å². The van der Waals surface area contributed by atoms with E-state index < -0.39 is 5.97 Å². The van der Waals surface area contributed by atoms with Gasteiger partial charge in [-0.3, -0.25) is 4.79 Å². The number of aliphatic carboxylic acids is 1. The molecule has 122 valence electrons. The Kier molecular flexibility index (Phi) is 6.69. The zero-order valence-corrected chi connectivity index (χ0v) is 13.5. The van der Waals surface area contributed by atoms with Crippen LogP contribution in [0.4, 0.5) is 4.79 Å². The van der Waals surface area contributed by atoms with E-state index in [1.807, 2.05) is 38.1 Å². The highest BCUT2D eigenvalue weighted by Gasteiger charge is 2.20. The summed E-state index contributed by atoms with van der Waals surface area (Å²) in [5.41, 5.74) is 0.982. The molecule has 0 heterocycles. The molecule has 2 N–H and O–H groups in total. The van der Waals surface area contributed by atoms with Crippen LogP contribution in [-0.4, -0.2) is 42.7 Å². The van der Waals surface area contributed by atoms with E-state index in [1.54, 1.807) is 14.2 Å². The Morgan fingerprint density at radius 1 is 1.27 bits per heavy atom. The monoisotopic (exact) mass is 308 g/mol. The molecule has 0 aliphatic carbocycles. The number of hydrogen-bond donors (Lipinski definition) is 2. The second-order valence-corrected chi connectivity index (χ2v) is 5.51. The van der Waals surface area contributed by atoms with Gasteiger partial charge in [0.05, 0.1) is 19.6 Å². The quantitative estimate of drug-likeness (QED) is 0.811. The van der Waals surface area contributed by atoms with E-state index in [9.17, 15) is 9.59 Å². The summed E-state index contributed by atoms with van der Waals surface area (Å²) < 4.78 is 5.13. The zero-order valence-electron chi connectivity index (χ0n) is 13.5. The Bertz CT molecular complexity index is 499. The molecule has 0 spiro atoms. The van der Waals surface area contributed by atoms with Crippen LogP contribution in [0.3, 0.4) is 0 Å². The van der Waals surface area contributed by atoms with E-state index in [0.29, 0.717) is 0 Å². The predicted molar refractivity (Wildman–Crippen MR) is 84.0 cm³/mol. The van der Waals surface area contributed by atoms with Gasteiger partial charge in [-0.1, -0.05) is 26.0 Å². The average Bonchev–Trinajstić information content (AvgIpc) is 2.49. The van der Waals surface area contributed by atoms with Crippen molar-refractivity contribution in [1.29, 1.82) is 0 Å². The summed E-state index contributed by atoms with van der Waals surface area (Å²) in [5.74, 6) is 0.0385. The van der Waals surface area contributed by atoms with Crippen LogP contribution in [0.2, 0.25) is 0 Å². The first-order valence-electron chi connectivity index (χ1n) is 7.22. The molecule has 1 atom stereocenters. The summed E-state index contributed by atoms with van der Waals surface area (Å²) in [6.45, 7) is 4.22. The van der Waals surface area contributed by atoms with Crippen LogP contribution in [0.15, 0.2) is 24.3 Å². The number of carboxylic acids is 1. The zero-order chi connectivity index (χ0) is 16.7. The molecule has 0 aliphatic rings. The molecule has 0 radical (unpaired) electrons. The second kappa shape index (κ2) is 8.26. The molecule has 1 aromatic carbocycles. The lowest BCUT2D eigenvalue weighted by Gasteiger charge is -2.26. The number of urea groups is 1. The number of ether oxygens (including phenoxy) is 1. The van der Waals surface area contributed by atoms with Crippen molar-refractivity contribution < 1.29 is 19.4 Å². The van der Waals surface area contributed by atoms with Gasteiger partial charge in [-0.05, 0) is 23.6 Å². The third-order valence-electron chi connectivity index (χ3n) is 3.43. The first-order chi connectivity index (χ1) is 10.3. The standard InChI is InChI=1S/C16H24N2O4/c1-11(2)15(12-5-7-13(22-4)8-6-12)17-16(21)18(3)10-9-14(19)20/h5-8,11,15H,9-10H2,1-4H3,(H,17,21)(H,19,20). The molecule has 6 nitrogen and oxygen atoms in total. The largest absolute Gasteiger partial charge is 0.497 e. The van der Waals surface area contributed by atoms with Crippen LogP contribution in [0.1, 0.15) is 31.9 Å². The van der Waals surface area contributed by atoms with Gasteiger partial charge in [0.1, 0.15) is 5.75 Å². The molecule has 0 saturated carbocycles. The molecule has 1 unspecified atom stereocenters. The number of hydrogen-bond acceptors (Lipinski definition) is 3. The summed E-state index contributed by atoms with van der Waals surface area (Å²) in [7, 11) is 3.19. The normalized spacial score (nSPS) is 11.9. The number of benzene rings is 1. The summed E-state index contributed by atoms with van der Waals surface area (Å²) in [5, 5.41) is 11.6. The van der Waals surface area contributed by atoms with Crippen molar-refractivity contribution >= 4 is 12.0 Å². The van der Waals surface area contributed by atoms with Gasteiger partial charge >= 0.3 is 12.0 Å². The number of carbonyl (C=O) groups is 2. The minimum Gasteiger partial charge on any atom is -0.497 e. The number of amides is 2. The Morgan fingerprint density at radius 2 is 1.86 bits per heavy atom. The molecular weight excluding hydrogens is 284 g/mol. The summed E-state index contributed by atoms with van der Waals surface area (Å²) in [4.78, 5) is 24.1. The SMILES string of the molecule is COc1ccc(C(NC(=O)N(C)CCC(=O)O)C(C)C)cc1. The number of rotatable bonds is 7. The molecule has 1 rings (SSSR count). The smallest absolute Gasteiger partial charge is 0.317 e. The highest BCUT2D eigenvalue weighted by Crippen LogP contribution is 2.24. The molecule has 0 aliphatic heterocycles. The van der Waals surface area contributed by atoms with Gasteiger partial charge < -0.3 is 20.1 Å². The van der Waals surface area contributed by atoms with Gasteiger partial charge in [-0.15, -0.1) is 0 Å². The third kappa shape index (κ3) is 5.27. The Balaban J connectivity index is 2.74. The van der Waals surface area contributed by atoms with Crippen LogP contribution in [0, 0.1) is 5.92 Å². The van der Waals surface area contributed by atoms with Crippen molar-refractivity contribution in [2.45, 2.75) is 26.3 Å². The maximum Gasteiger partial charge on any atom is 0.317 e. The fraction of sp³-hybridized carbons (Fsp3) is 0.500. The molecule has 22 heavy (non-hydrogen) atoms. The summed E-state index contributed by atoms with van der Waals surface area (Å²) in [6.07, 6.45) is -0.0706. The van der Waals surface area contributed by atoms with Crippen molar-refractivity contribution in [2.75, 3.05) is 20.7 Å². The van der Waals surface area contributed by atoms with E-state index in [-0.39, 0.29) is 31.0 Å². The van der Waals surface area contributed by atoms with Crippen LogP contribution in [-0.2, 0) is 4.79 Å². The van der Waals surface area contributed by atoms with Gasteiger partial charge in [0.2, 0.25) is 0 Å². The first-order valence-corrected chi connectivity index (χ1v) is 7.22. The van der Waals surface area contributed by atoms with E-state index in [1.165, 1.54) is 4.90 Å². The van der Waals surface area contributed by atoms with Crippen molar-refractivity contribution in [1.82, 2.24) is 10.2 Å². The molecule has 6 heteroatoms. The fourth-order valence-electron chi connectivity index (χ4n) is 2.05. The van der Waals surface area contributed by atoms with Crippen molar-refractivity contribution in [3.05, 3.63) is 29.8 Å². The molecular formula is C16H24N2O4. The third-order valence-corrected chi connectivity index (χ3v) is 3.43. The van der Waals surface area contributed by atoms with Crippen molar-refractivity contribution in [3.8, 4) is 5.75 Å². The fourth-order valence-corrected chi connectivity index (χ4v) is 2.05. The number of methoxy groups -OCH3 is 1. The molecule has 0 aromatic heterocycles. The summed E-state index contributed by atoms with van der Waals surface area (Å²) in [6, 6.07) is 7.11. The molecule has 0 saturated heterocycles.